The van der Waals surface area contributed by atoms with Crippen molar-refractivity contribution in [3.63, 3.8) is 0 Å². The molecule has 2 aliphatic heterocycles. The minimum Gasteiger partial charge on any atom is -0.508 e. The van der Waals surface area contributed by atoms with E-state index in [1.807, 2.05) is 0 Å². The highest BCUT2D eigenvalue weighted by Crippen LogP contribution is 2.50. The first-order chi connectivity index (χ1) is 19.9. The fraction of sp³-hybridized carbons (Fsp3) is 0.444. The Hall–Kier alpha value is -3.35. The Kier molecular flexibility index (Phi) is 8.16. The summed E-state index contributed by atoms with van der Waals surface area (Å²) < 4.78 is 16.8. The molecule has 2 aromatic carbocycles. The van der Waals surface area contributed by atoms with E-state index in [9.17, 15) is 61.0 Å². The van der Waals surface area contributed by atoms with E-state index in [0.29, 0.717) is 0 Å². The number of aliphatic hydroxyl groups is 8. The first-order valence-electron chi connectivity index (χ1n) is 12.9. The number of rotatable bonds is 5. The maximum atomic E-state index is 13.8. The van der Waals surface area contributed by atoms with Crippen LogP contribution in [0.4, 0.5) is 0 Å². The van der Waals surface area contributed by atoms with Crippen LogP contribution in [-0.4, -0.2) is 118 Å². The molecule has 10 atom stereocenters. The van der Waals surface area contributed by atoms with Gasteiger partial charge in [0.05, 0.1) is 29.9 Å². The minimum atomic E-state index is -2.04. The van der Waals surface area contributed by atoms with Crippen molar-refractivity contribution in [3.05, 3.63) is 51.9 Å². The Morgan fingerprint density at radius 2 is 1.14 bits per heavy atom. The first kappa shape index (κ1) is 30.1. The predicted molar refractivity (Wildman–Crippen MR) is 138 cm³/mol. The number of hydrogen-bond acceptors (Lipinski definition) is 15. The van der Waals surface area contributed by atoms with Crippen molar-refractivity contribution in [2.75, 3.05) is 13.2 Å². The highest BCUT2D eigenvalue weighted by molar-refractivity contribution is 5.93. The SMILES string of the molecule is O=c1c(-c2ccc(O)cc2)coc2c([C@@H]3O[C@@H](CO)[C@@H](O)[C@@H](O)[C@H]3O)c(O)c([C@@H]3O[C@@H](CO)[C@@H](O)[C@@H](O)[C@H]3O)c(O)c12. The number of aliphatic hydroxyl groups excluding tert-OH is 8. The zero-order valence-corrected chi connectivity index (χ0v) is 21.6. The van der Waals surface area contributed by atoms with Crippen LogP contribution in [0.1, 0.15) is 23.3 Å². The molecule has 0 bridgehead atoms. The molecule has 0 saturated carbocycles. The normalized spacial score (nSPS) is 33.6. The Labute approximate surface area is 235 Å². The van der Waals surface area contributed by atoms with Gasteiger partial charge >= 0.3 is 0 Å². The molecule has 15 heteroatoms. The van der Waals surface area contributed by atoms with E-state index in [2.05, 4.69) is 0 Å². The molecule has 1 aromatic heterocycles. The van der Waals surface area contributed by atoms with E-state index in [1.54, 1.807) is 0 Å². The molecule has 5 rings (SSSR count). The summed E-state index contributed by atoms with van der Waals surface area (Å²) in [5, 5.41) is 114. The highest BCUT2D eigenvalue weighted by Gasteiger charge is 2.50. The quantitative estimate of drug-likeness (QED) is 0.147. The molecule has 0 unspecified atom stereocenters. The molecular weight excluding hydrogens is 564 g/mol. The number of aromatic hydroxyl groups is 3. The van der Waals surface area contributed by atoms with Gasteiger partial charge in [0.2, 0.25) is 5.43 Å². The zero-order valence-electron chi connectivity index (χ0n) is 21.6. The standard InChI is InChI=1S/C27H30O15/c28-5-11-17(32)21(36)23(38)26(41-11)14-19(34)13-16(31)10(8-1-3-9(30)4-2-8)7-40-25(13)15(20(14)35)27-24(39)22(37)18(33)12(6-29)42-27/h1-4,7,11-12,17-18,21-24,26-30,32-39H,5-6H2/t11-,12-,17+,18+,21+,22+,23+,24+,26-,27-/m0/s1. The van der Waals surface area contributed by atoms with Gasteiger partial charge in [0.1, 0.15) is 89.9 Å². The first-order valence-corrected chi connectivity index (χ1v) is 12.9. The van der Waals surface area contributed by atoms with Crippen LogP contribution in [0.15, 0.2) is 39.7 Å². The Bertz CT molecular complexity index is 1500. The molecule has 0 spiro atoms. The molecule has 0 amide bonds. The number of hydrogen-bond donors (Lipinski definition) is 11. The summed E-state index contributed by atoms with van der Waals surface area (Å²) in [6.07, 6.45) is -17.2. The van der Waals surface area contributed by atoms with Gasteiger partial charge < -0.3 is 70.1 Å². The molecule has 2 aliphatic rings. The third kappa shape index (κ3) is 4.69. The van der Waals surface area contributed by atoms with Gasteiger partial charge in [0.15, 0.2) is 5.58 Å². The van der Waals surface area contributed by atoms with Crippen molar-refractivity contribution in [1.82, 2.24) is 0 Å². The van der Waals surface area contributed by atoms with Crippen molar-refractivity contribution < 1.29 is 70.1 Å². The monoisotopic (exact) mass is 594 g/mol. The van der Waals surface area contributed by atoms with Gasteiger partial charge in [0, 0.05) is 0 Å². The molecule has 15 nitrogen and oxygen atoms in total. The molecule has 2 fully saturated rings. The zero-order chi connectivity index (χ0) is 30.6. The highest BCUT2D eigenvalue weighted by atomic mass is 16.6. The fourth-order valence-corrected chi connectivity index (χ4v) is 5.43. The lowest BCUT2D eigenvalue weighted by atomic mass is 9.85. The van der Waals surface area contributed by atoms with Gasteiger partial charge in [-0.2, -0.15) is 0 Å². The Morgan fingerprint density at radius 1 is 0.643 bits per heavy atom. The van der Waals surface area contributed by atoms with E-state index >= 15 is 0 Å². The van der Waals surface area contributed by atoms with E-state index in [4.69, 9.17) is 13.9 Å². The van der Waals surface area contributed by atoms with Crippen LogP contribution in [0.25, 0.3) is 22.1 Å². The maximum absolute atomic E-state index is 13.8. The van der Waals surface area contributed by atoms with Crippen LogP contribution in [0, 0.1) is 0 Å². The Balaban J connectivity index is 1.82. The summed E-state index contributed by atoms with van der Waals surface area (Å²) in [6.45, 7) is -1.70. The number of fused-ring (bicyclic) bond motifs is 1. The number of phenolic OH excluding ortho intramolecular Hbond substituents is 3. The van der Waals surface area contributed by atoms with Crippen LogP contribution in [0.3, 0.4) is 0 Å². The molecule has 11 N–H and O–H groups in total. The van der Waals surface area contributed by atoms with Crippen LogP contribution < -0.4 is 5.43 Å². The topological polar surface area (TPSA) is 271 Å². The van der Waals surface area contributed by atoms with Gasteiger partial charge in [-0.05, 0) is 17.7 Å². The van der Waals surface area contributed by atoms with E-state index in [1.165, 1.54) is 24.3 Å². The summed E-state index contributed by atoms with van der Waals surface area (Å²) in [4.78, 5) is 13.8. The van der Waals surface area contributed by atoms with Crippen LogP contribution in [-0.2, 0) is 9.47 Å². The second kappa shape index (κ2) is 11.4. The van der Waals surface area contributed by atoms with Gasteiger partial charge in [-0.1, -0.05) is 12.1 Å². The third-order valence-corrected chi connectivity index (χ3v) is 7.77. The van der Waals surface area contributed by atoms with Gasteiger partial charge in [0.25, 0.3) is 0 Å². The Morgan fingerprint density at radius 3 is 1.64 bits per heavy atom. The van der Waals surface area contributed by atoms with Crippen molar-refractivity contribution in [2.45, 2.75) is 61.0 Å². The summed E-state index contributed by atoms with van der Waals surface area (Å²) >= 11 is 0. The number of ether oxygens (including phenoxy) is 2. The lowest BCUT2D eigenvalue weighted by molar-refractivity contribution is -0.234. The van der Waals surface area contributed by atoms with Crippen molar-refractivity contribution in [3.8, 4) is 28.4 Å². The number of phenols is 3. The summed E-state index contributed by atoms with van der Waals surface area (Å²) in [5.74, 6) is -2.09. The molecule has 0 radical (unpaired) electrons. The van der Waals surface area contributed by atoms with Gasteiger partial charge in [-0.25, -0.2) is 0 Å². The van der Waals surface area contributed by atoms with E-state index in [0.717, 1.165) is 6.26 Å². The smallest absolute Gasteiger partial charge is 0.204 e. The van der Waals surface area contributed by atoms with Crippen LogP contribution >= 0.6 is 0 Å². The molecular formula is C27H30O15. The summed E-state index contributed by atoms with van der Waals surface area (Å²) in [6, 6.07) is 5.33. The lowest BCUT2D eigenvalue weighted by Crippen LogP contribution is -2.55. The van der Waals surface area contributed by atoms with Crippen LogP contribution in [0.5, 0.6) is 17.2 Å². The molecule has 228 valence electrons. The van der Waals surface area contributed by atoms with Crippen LogP contribution in [0.2, 0.25) is 0 Å². The number of benzene rings is 2. The molecule has 3 heterocycles. The molecule has 42 heavy (non-hydrogen) atoms. The third-order valence-electron chi connectivity index (χ3n) is 7.77. The van der Waals surface area contributed by atoms with Crippen molar-refractivity contribution >= 4 is 11.0 Å². The van der Waals surface area contributed by atoms with E-state index in [-0.39, 0.29) is 16.9 Å². The second-order valence-corrected chi connectivity index (χ2v) is 10.3. The maximum Gasteiger partial charge on any atom is 0.204 e. The molecule has 0 aliphatic carbocycles. The average molecular weight is 595 g/mol. The largest absolute Gasteiger partial charge is 0.508 e. The van der Waals surface area contributed by atoms with E-state index < -0.39 is 113 Å². The molecule has 3 aromatic rings. The summed E-state index contributed by atoms with van der Waals surface area (Å²) in [5.41, 5.74) is -2.63. The lowest BCUT2D eigenvalue weighted by Gasteiger charge is -2.42. The average Bonchev–Trinajstić information content (AvgIpc) is 2.97. The second-order valence-electron chi connectivity index (χ2n) is 10.3. The minimum absolute atomic E-state index is 0.105. The van der Waals surface area contributed by atoms with Gasteiger partial charge in [-0.15, -0.1) is 0 Å². The van der Waals surface area contributed by atoms with Crippen molar-refractivity contribution in [2.24, 2.45) is 0 Å². The van der Waals surface area contributed by atoms with Gasteiger partial charge in [-0.3, -0.25) is 4.79 Å². The fourth-order valence-electron chi connectivity index (χ4n) is 5.43. The predicted octanol–water partition coefficient (Wildman–Crippen LogP) is -2.39. The molecule has 2 saturated heterocycles. The summed E-state index contributed by atoms with van der Waals surface area (Å²) in [7, 11) is 0. The van der Waals surface area contributed by atoms with Crippen molar-refractivity contribution in [1.29, 1.82) is 0 Å².